The standard InChI is InChI=1S/C15H19BrN2S/c1-10-5-6-11(7-12(10)16)17-8-14-18-13(9-19-14)15(2,3)4/h5-7,9,17H,8H2,1-4H3. The van der Waals surface area contributed by atoms with Gasteiger partial charge in [-0.15, -0.1) is 11.3 Å². The molecule has 0 aliphatic heterocycles. The molecule has 1 N–H and O–H groups in total. The number of anilines is 1. The predicted octanol–water partition coefficient (Wildman–Crippen LogP) is 5.12. The molecule has 2 rings (SSSR count). The van der Waals surface area contributed by atoms with Crippen LogP contribution in [0, 0.1) is 6.92 Å². The van der Waals surface area contributed by atoms with Crippen LogP contribution in [0.25, 0.3) is 0 Å². The number of rotatable bonds is 3. The van der Waals surface area contributed by atoms with Crippen LogP contribution in [0.3, 0.4) is 0 Å². The number of aryl methyl sites for hydroxylation is 1. The first-order chi connectivity index (χ1) is 8.86. The van der Waals surface area contributed by atoms with Gasteiger partial charge in [0.15, 0.2) is 0 Å². The highest BCUT2D eigenvalue weighted by molar-refractivity contribution is 9.10. The van der Waals surface area contributed by atoms with Crippen LogP contribution < -0.4 is 5.32 Å². The quantitative estimate of drug-likeness (QED) is 0.839. The van der Waals surface area contributed by atoms with E-state index in [1.165, 1.54) is 11.3 Å². The van der Waals surface area contributed by atoms with Gasteiger partial charge in [-0.05, 0) is 24.6 Å². The summed E-state index contributed by atoms with van der Waals surface area (Å²) in [6, 6.07) is 6.31. The lowest BCUT2D eigenvalue weighted by atomic mass is 9.93. The van der Waals surface area contributed by atoms with Crippen LogP contribution in [-0.4, -0.2) is 4.98 Å². The molecule has 0 aliphatic rings. The molecule has 0 aliphatic carbocycles. The van der Waals surface area contributed by atoms with Crippen LogP contribution in [0.15, 0.2) is 28.1 Å². The smallest absolute Gasteiger partial charge is 0.112 e. The van der Waals surface area contributed by atoms with E-state index in [-0.39, 0.29) is 5.41 Å². The molecule has 4 heteroatoms. The molecule has 102 valence electrons. The topological polar surface area (TPSA) is 24.9 Å². The molecule has 0 atom stereocenters. The van der Waals surface area contributed by atoms with E-state index in [1.54, 1.807) is 11.3 Å². The van der Waals surface area contributed by atoms with Gasteiger partial charge in [0.2, 0.25) is 0 Å². The molecule has 0 saturated carbocycles. The zero-order chi connectivity index (χ0) is 14.0. The van der Waals surface area contributed by atoms with Gasteiger partial charge in [-0.2, -0.15) is 0 Å². The van der Waals surface area contributed by atoms with Crippen molar-refractivity contribution in [1.29, 1.82) is 0 Å². The van der Waals surface area contributed by atoms with Crippen LogP contribution in [0.5, 0.6) is 0 Å². The predicted molar refractivity (Wildman–Crippen MR) is 87.0 cm³/mol. The van der Waals surface area contributed by atoms with Crippen molar-refractivity contribution in [3.8, 4) is 0 Å². The van der Waals surface area contributed by atoms with Crippen molar-refractivity contribution in [1.82, 2.24) is 4.98 Å². The van der Waals surface area contributed by atoms with E-state index in [2.05, 4.69) is 77.5 Å². The number of hydrogen-bond donors (Lipinski definition) is 1. The fourth-order valence-corrected chi connectivity index (χ4v) is 2.96. The second kappa shape index (κ2) is 5.63. The highest BCUT2D eigenvalue weighted by Crippen LogP contribution is 2.25. The van der Waals surface area contributed by atoms with Crippen LogP contribution in [-0.2, 0) is 12.0 Å². The summed E-state index contributed by atoms with van der Waals surface area (Å²) in [5.74, 6) is 0. The minimum atomic E-state index is 0.127. The molecular formula is C15H19BrN2S. The molecule has 1 aromatic heterocycles. The van der Waals surface area contributed by atoms with Gasteiger partial charge in [0.1, 0.15) is 5.01 Å². The van der Waals surface area contributed by atoms with E-state index in [9.17, 15) is 0 Å². The Morgan fingerprint density at radius 2 is 2.05 bits per heavy atom. The van der Waals surface area contributed by atoms with Crippen LogP contribution in [0.1, 0.15) is 37.0 Å². The Labute approximate surface area is 127 Å². The number of nitrogens with zero attached hydrogens (tertiary/aromatic N) is 1. The van der Waals surface area contributed by atoms with E-state index in [4.69, 9.17) is 0 Å². The molecule has 0 amide bonds. The first-order valence-corrected chi connectivity index (χ1v) is 7.98. The third-order valence-electron chi connectivity index (χ3n) is 2.94. The number of halogens is 1. The number of hydrogen-bond acceptors (Lipinski definition) is 3. The maximum atomic E-state index is 4.68. The summed E-state index contributed by atoms with van der Waals surface area (Å²) in [6.45, 7) is 9.43. The lowest BCUT2D eigenvalue weighted by Gasteiger charge is -2.14. The third kappa shape index (κ3) is 3.80. The number of benzene rings is 1. The number of nitrogens with one attached hydrogen (secondary N) is 1. The van der Waals surface area contributed by atoms with Crippen LogP contribution >= 0.6 is 27.3 Å². The Hall–Kier alpha value is -0.870. The lowest BCUT2D eigenvalue weighted by Crippen LogP contribution is -2.11. The minimum Gasteiger partial charge on any atom is -0.378 e. The Bertz CT molecular complexity index is 570. The normalized spacial score (nSPS) is 11.6. The van der Waals surface area contributed by atoms with Gasteiger partial charge in [-0.3, -0.25) is 0 Å². The summed E-state index contributed by atoms with van der Waals surface area (Å²) in [5.41, 5.74) is 3.65. The summed E-state index contributed by atoms with van der Waals surface area (Å²) < 4.78 is 1.13. The molecule has 19 heavy (non-hydrogen) atoms. The van der Waals surface area contributed by atoms with Crippen molar-refractivity contribution < 1.29 is 0 Å². The van der Waals surface area contributed by atoms with Gasteiger partial charge in [0.25, 0.3) is 0 Å². The van der Waals surface area contributed by atoms with Crippen LogP contribution in [0.4, 0.5) is 5.69 Å². The number of thiazole rings is 1. The highest BCUT2D eigenvalue weighted by Gasteiger charge is 2.17. The van der Waals surface area contributed by atoms with Crippen molar-refractivity contribution in [2.24, 2.45) is 0 Å². The summed E-state index contributed by atoms with van der Waals surface area (Å²) in [4.78, 5) is 4.68. The van der Waals surface area contributed by atoms with Gasteiger partial charge < -0.3 is 5.32 Å². The molecule has 0 spiro atoms. The molecular weight excluding hydrogens is 320 g/mol. The second-order valence-corrected chi connectivity index (χ2v) is 7.49. The first-order valence-electron chi connectivity index (χ1n) is 6.31. The maximum Gasteiger partial charge on any atom is 0.112 e. The zero-order valence-corrected chi connectivity index (χ0v) is 14.2. The van der Waals surface area contributed by atoms with Gasteiger partial charge in [-0.1, -0.05) is 42.8 Å². The van der Waals surface area contributed by atoms with Gasteiger partial charge in [0, 0.05) is 21.0 Å². The Morgan fingerprint density at radius 3 is 2.63 bits per heavy atom. The van der Waals surface area contributed by atoms with E-state index in [0.717, 1.165) is 21.7 Å². The molecule has 0 fully saturated rings. The Kier molecular flexibility index (Phi) is 4.31. The van der Waals surface area contributed by atoms with E-state index in [1.807, 2.05) is 0 Å². The van der Waals surface area contributed by atoms with Gasteiger partial charge in [-0.25, -0.2) is 4.98 Å². The molecule has 0 unspecified atom stereocenters. The second-order valence-electron chi connectivity index (χ2n) is 5.69. The molecule has 0 saturated heterocycles. The van der Waals surface area contributed by atoms with Crippen molar-refractivity contribution in [3.05, 3.63) is 44.3 Å². The Balaban J connectivity index is 2.02. The third-order valence-corrected chi connectivity index (χ3v) is 4.64. The molecule has 2 nitrogen and oxygen atoms in total. The van der Waals surface area contributed by atoms with E-state index < -0.39 is 0 Å². The molecule has 1 aromatic carbocycles. The SMILES string of the molecule is Cc1ccc(NCc2nc(C(C)(C)C)cs2)cc1Br. The Morgan fingerprint density at radius 1 is 1.32 bits per heavy atom. The largest absolute Gasteiger partial charge is 0.378 e. The van der Waals surface area contributed by atoms with Crippen molar-refractivity contribution >= 4 is 33.0 Å². The highest BCUT2D eigenvalue weighted by atomic mass is 79.9. The van der Waals surface area contributed by atoms with Gasteiger partial charge in [0.05, 0.1) is 12.2 Å². The lowest BCUT2D eigenvalue weighted by molar-refractivity contribution is 0.571. The summed E-state index contributed by atoms with van der Waals surface area (Å²) >= 11 is 5.27. The average molecular weight is 339 g/mol. The molecule has 0 bridgehead atoms. The van der Waals surface area contributed by atoms with Crippen molar-refractivity contribution in [2.45, 2.75) is 39.7 Å². The number of aromatic nitrogens is 1. The molecule has 0 radical (unpaired) electrons. The monoisotopic (exact) mass is 338 g/mol. The van der Waals surface area contributed by atoms with E-state index in [0.29, 0.717) is 0 Å². The van der Waals surface area contributed by atoms with Gasteiger partial charge >= 0.3 is 0 Å². The van der Waals surface area contributed by atoms with Crippen molar-refractivity contribution in [2.75, 3.05) is 5.32 Å². The maximum absolute atomic E-state index is 4.68. The van der Waals surface area contributed by atoms with Crippen molar-refractivity contribution in [3.63, 3.8) is 0 Å². The fraction of sp³-hybridized carbons (Fsp3) is 0.400. The summed E-state index contributed by atoms with van der Waals surface area (Å²) in [6.07, 6.45) is 0. The summed E-state index contributed by atoms with van der Waals surface area (Å²) in [7, 11) is 0. The summed E-state index contributed by atoms with van der Waals surface area (Å²) in [5, 5.41) is 6.69. The first kappa shape index (κ1) is 14.5. The fourth-order valence-electron chi connectivity index (χ4n) is 1.62. The molecule has 2 aromatic rings. The van der Waals surface area contributed by atoms with Crippen LogP contribution in [0.2, 0.25) is 0 Å². The van der Waals surface area contributed by atoms with E-state index >= 15 is 0 Å². The molecule has 1 heterocycles. The zero-order valence-electron chi connectivity index (χ0n) is 11.7. The average Bonchev–Trinajstić information content (AvgIpc) is 2.79. The minimum absolute atomic E-state index is 0.127.